The van der Waals surface area contributed by atoms with Crippen LogP contribution in [0.1, 0.15) is 105 Å². The quantitative estimate of drug-likeness (QED) is 0.424. The number of hydrogen-bond donors (Lipinski definition) is 1. The van der Waals surface area contributed by atoms with Gasteiger partial charge in [-0.1, -0.05) is 95.2 Å². The predicted molar refractivity (Wildman–Crippen MR) is 144 cm³/mol. The summed E-state index contributed by atoms with van der Waals surface area (Å²) in [6, 6.07) is 11.7. The van der Waals surface area contributed by atoms with Crippen molar-refractivity contribution in [3.05, 3.63) is 58.7 Å². The minimum atomic E-state index is -5.03. The number of hydrogen-bond acceptors (Lipinski definition) is 2. The molecule has 0 unspecified atom stereocenters. The van der Waals surface area contributed by atoms with Gasteiger partial charge in [0, 0.05) is 0 Å². The van der Waals surface area contributed by atoms with Crippen molar-refractivity contribution >= 4 is 17.3 Å². The van der Waals surface area contributed by atoms with Gasteiger partial charge < -0.3 is 0 Å². The summed E-state index contributed by atoms with van der Waals surface area (Å²) in [5.74, 6) is -2.01. The number of anilines is 2. The maximum Gasteiger partial charge on any atom is 0.472 e. The minimum Gasteiger partial charge on any atom is -0.263 e. The Balaban J connectivity index is 2.94. The van der Waals surface area contributed by atoms with Crippen LogP contribution in [0.25, 0.3) is 0 Å². The zero-order chi connectivity index (χ0) is 28.1. The third-order valence-electron chi connectivity index (χ3n) is 6.29. The zero-order valence-corrected chi connectivity index (χ0v) is 24.0. The molecule has 200 valence electrons. The third-order valence-corrected chi connectivity index (χ3v) is 6.29. The smallest absolute Gasteiger partial charge is 0.263 e. The van der Waals surface area contributed by atoms with Crippen molar-refractivity contribution in [2.75, 3.05) is 5.01 Å². The molecule has 6 heteroatoms. The molecule has 3 nitrogen and oxygen atoms in total. The number of hydrazine groups is 1. The Morgan fingerprint density at radius 2 is 0.806 bits per heavy atom. The topological polar surface area (TPSA) is 32.3 Å². The largest absolute Gasteiger partial charge is 0.472 e. The fraction of sp³-hybridized carbons (Fsp3) is 0.567. The van der Waals surface area contributed by atoms with E-state index in [1.807, 2.05) is 24.3 Å². The van der Waals surface area contributed by atoms with Crippen LogP contribution < -0.4 is 10.4 Å². The van der Waals surface area contributed by atoms with Crippen molar-refractivity contribution < 1.29 is 18.0 Å². The average Bonchev–Trinajstić information content (AvgIpc) is 2.67. The van der Waals surface area contributed by atoms with Crippen LogP contribution in [0.2, 0.25) is 0 Å². The maximum atomic E-state index is 13.5. The summed E-state index contributed by atoms with van der Waals surface area (Å²) < 4.78 is 40.4. The summed E-state index contributed by atoms with van der Waals surface area (Å²) in [5.41, 5.74) is 6.02. The van der Waals surface area contributed by atoms with Gasteiger partial charge in [-0.05, 0) is 68.2 Å². The molecule has 2 aromatic rings. The number of amides is 1. The van der Waals surface area contributed by atoms with E-state index in [1.54, 1.807) is 0 Å². The highest BCUT2D eigenvalue weighted by Gasteiger charge is 2.40. The molecular formula is C30H43F3N2O. The lowest BCUT2D eigenvalue weighted by Gasteiger charge is -2.33. The molecule has 0 radical (unpaired) electrons. The first-order valence-electron chi connectivity index (χ1n) is 12.4. The van der Waals surface area contributed by atoms with Gasteiger partial charge in [-0.25, -0.2) is 0 Å². The van der Waals surface area contributed by atoms with E-state index in [-0.39, 0.29) is 21.7 Å². The summed E-state index contributed by atoms with van der Waals surface area (Å²) >= 11 is 0. The Morgan fingerprint density at radius 1 is 0.556 bits per heavy atom. The molecule has 0 saturated carbocycles. The lowest BCUT2D eigenvalue weighted by Crippen LogP contribution is -2.46. The van der Waals surface area contributed by atoms with Crippen LogP contribution in [-0.4, -0.2) is 12.1 Å². The van der Waals surface area contributed by atoms with Crippen molar-refractivity contribution in [2.24, 2.45) is 0 Å². The normalized spacial score (nSPS) is 13.5. The van der Waals surface area contributed by atoms with Gasteiger partial charge in [0.1, 0.15) is 0 Å². The van der Waals surface area contributed by atoms with E-state index in [9.17, 15) is 18.0 Å². The highest BCUT2D eigenvalue weighted by atomic mass is 19.4. The van der Waals surface area contributed by atoms with Crippen molar-refractivity contribution in [1.29, 1.82) is 0 Å². The Hall–Kier alpha value is -2.50. The molecule has 0 heterocycles. The number of nitrogens with zero attached hydrogens (tertiary/aromatic N) is 1. The summed E-state index contributed by atoms with van der Waals surface area (Å²) in [6.45, 7) is 24.8. The lowest BCUT2D eigenvalue weighted by molar-refractivity contribution is -0.173. The number of benzene rings is 2. The van der Waals surface area contributed by atoms with Gasteiger partial charge in [0.05, 0.1) is 11.4 Å². The van der Waals surface area contributed by atoms with Gasteiger partial charge in [-0.15, -0.1) is 0 Å². The zero-order valence-electron chi connectivity index (χ0n) is 24.0. The summed E-state index contributed by atoms with van der Waals surface area (Å²) in [5, 5.41) is 1.30. The van der Waals surface area contributed by atoms with E-state index < -0.39 is 12.1 Å². The highest BCUT2D eigenvalue weighted by molar-refractivity contribution is 5.85. The molecule has 0 aliphatic rings. The van der Waals surface area contributed by atoms with Crippen LogP contribution in [-0.2, 0) is 26.5 Å². The molecule has 0 fully saturated rings. The summed E-state index contributed by atoms with van der Waals surface area (Å²) in [6.07, 6.45) is -5.03. The number of rotatable bonds is 3. The van der Waals surface area contributed by atoms with E-state index >= 15 is 0 Å². The van der Waals surface area contributed by atoms with Crippen LogP contribution in [0.15, 0.2) is 36.4 Å². The molecule has 0 aliphatic carbocycles. The first-order valence-corrected chi connectivity index (χ1v) is 12.4. The standard InChI is InChI=1S/C30H43F3N2O/c1-26(2,3)19-13-20(27(4,5)6)16-23(15-19)35(34-25(36)30(31,32)33)24-17-21(28(7,8)9)14-22(18-24)29(10,11)12/h13-18H,1-12H3,(H,34,36). The average molecular weight is 505 g/mol. The molecular weight excluding hydrogens is 461 g/mol. The van der Waals surface area contributed by atoms with Crippen molar-refractivity contribution in [3.63, 3.8) is 0 Å². The Bertz CT molecular complexity index is 965. The summed E-state index contributed by atoms with van der Waals surface area (Å²) in [7, 11) is 0. The Morgan fingerprint density at radius 3 is 1.00 bits per heavy atom. The second-order valence-corrected chi connectivity index (χ2v) is 13.8. The van der Waals surface area contributed by atoms with Crippen molar-refractivity contribution in [2.45, 2.75) is 111 Å². The molecule has 0 aliphatic heterocycles. The summed E-state index contributed by atoms with van der Waals surface area (Å²) in [4.78, 5) is 12.3. The molecule has 2 aromatic carbocycles. The fourth-order valence-electron chi connectivity index (χ4n) is 3.66. The SMILES string of the molecule is CC(C)(C)c1cc(N(NC(=O)C(F)(F)F)c2cc(C(C)(C)C)cc(C(C)(C)C)c2)cc(C(C)(C)C)c1. The first kappa shape index (κ1) is 29.7. The molecule has 0 spiro atoms. The van der Waals surface area contributed by atoms with E-state index in [2.05, 4.69) is 101 Å². The van der Waals surface area contributed by atoms with Crippen LogP contribution >= 0.6 is 0 Å². The van der Waals surface area contributed by atoms with E-state index in [0.29, 0.717) is 11.4 Å². The van der Waals surface area contributed by atoms with E-state index in [0.717, 1.165) is 22.3 Å². The van der Waals surface area contributed by atoms with Crippen LogP contribution in [0.5, 0.6) is 0 Å². The second-order valence-electron chi connectivity index (χ2n) is 13.8. The molecule has 36 heavy (non-hydrogen) atoms. The second kappa shape index (κ2) is 9.42. The van der Waals surface area contributed by atoms with Crippen LogP contribution in [0.3, 0.4) is 0 Å². The third kappa shape index (κ3) is 7.27. The van der Waals surface area contributed by atoms with Gasteiger partial charge in [0.2, 0.25) is 0 Å². The number of carbonyl (C=O) groups is 1. The number of nitrogens with one attached hydrogen (secondary N) is 1. The van der Waals surface area contributed by atoms with Gasteiger partial charge in [0.15, 0.2) is 0 Å². The molecule has 2 rings (SSSR count). The maximum absolute atomic E-state index is 13.5. The van der Waals surface area contributed by atoms with E-state index in [1.165, 1.54) is 5.01 Å². The highest BCUT2D eigenvalue weighted by Crippen LogP contribution is 2.38. The Kier molecular flexibility index (Phi) is 7.78. The number of carbonyl (C=O) groups excluding carboxylic acids is 1. The molecule has 0 atom stereocenters. The van der Waals surface area contributed by atoms with Gasteiger partial charge in [0.25, 0.3) is 0 Å². The lowest BCUT2D eigenvalue weighted by atomic mass is 9.79. The molecule has 1 amide bonds. The molecule has 0 saturated heterocycles. The van der Waals surface area contributed by atoms with Crippen LogP contribution in [0, 0.1) is 0 Å². The van der Waals surface area contributed by atoms with Crippen molar-refractivity contribution in [3.8, 4) is 0 Å². The van der Waals surface area contributed by atoms with Crippen LogP contribution in [0.4, 0.5) is 24.5 Å². The van der Waals surface area contributed by atoms with Crippen molar-refractivity contribution in [1.82, 2.24) is 5.43 Å². The van der Waals surface area contributed by atoms with Gasteiger partial charge in [-0.2, -0.15) is 13.2 Å². The predicted octanol–water partition coefficient (Wildman–Crippen LogP) is 8.61. The van der Waals surface area contributed by atoms with Gasteiger partial charge >= 0.3 is 12.1 Å². The number of halogens is 3. The molecule has 0 bridgehead atoms. The Labute approximate surface area is 215 Å². The number of alkyl halides is 3. The monoisotopic (exact) mass is 504 g/mol. The fourth-order valence-corrected chi connectivity index (χ4v) is 3.66. The minimum absolute atomic E-state index is 0.250. The molecule has 0 aromatic heterocycles. The van der Waals surface area contributed by atoms with Gasteiger partial charge in [-0.3, -0.25) is 15.2 Å². The first-order chi connectivity index (χ1) is 15.9. The molecule has 1 N–H and O–H groups in total. The van der Waals surface area contributed by atoms with E-state index in [4.69, 9.17) is 0 Å².